The first kappa shape index (κ1) is 19.2. The van der Waals surface area contributed by atoms with Gasteiger partial charge in [0, 0.05) is 13.0 Å². The molecule has 0 bridgehead atoms. The Kier molecular flexibility index (Phi) is 8.79. The van der Waals surface area contributed by atoms with Crippen molar-refractivity contribution in [3.05, 3.63) is 28.0 Å². The molecule has 1 heterocycles. The molecular weight excluding hydrogens is 296 g/mol. The molecular formula is C12H18N4O6. The van der Waals surface area contributed by atoms with Crippen molar-refractivity contribution in [3.8, 4) is 0 Å². The molecule has 0 spiro atoms. The van der Waals surface area contributed by atoms with E-state index < -0.39 is 10.9 Å². The van der Waals surface area contributed by atoms with Crippen LogP contribution in [0.3, 0.4) is 0 Å². The molecule has 3 N–H and O–H groups in total. The zero-order valence-electron chi connectivity index (χ0n) is 12.4. The first-order valence-corrected chi connectivity index (χ1v) is 6.21. The van der Waals surface area contributed by atoms with E-state index >= 15 is 0 Å². The SMILES string of the molecule is CC(=O)O.CC(C)NCC(=O)N/N=C/c1ccc([N+](=O)[O-])o1. The van der Waals surface area contributed by atoms with Gasteiger partial charge >= 0.3 is 5.88 Å². The van der Waals surface area contributed by atoms with Crippen LogP contribution in [-0.4, -0.2) is 40.7 Å². The standard InChI is InChI=1S/C10H14N4O4.C2H4O2/c1-7(2)11-6-9(15)13-12-5-8-3-4-10(18-8)14(16)17;1-2(3)4/h3-5,7,11H,6H2,1-2H3,(H,13,15);1H3,(H,3,4)/b12-5+;. The van der Waals surface area contributed by atoms with Crippen molar-refractivity contribution in [1.29, 1.82) is 0 Å². The van der Waals surface area contributed by atoms with Crippen molar-refractivity contribution in [3.63, 3.8) is 0 Å². The Labute approximate surface area is 126 Å². The molecule has 22 heavy (non-hydrogen) atoms. The van der Waals surface area contributed by atoms with Gasteiger partial charge in [-0.05, 0) is 6.07 Å². The first-order valence-electron chi connectivity index (χ1n) is 6.21. The highest BCUT2D eigenvalue weighted by Crippen LogP contribution is 2.13. The summed E-state index contributed by atoms with van der Waals surface area (Å²) in [5.41, 5.74) is 2.26. The molecule has 10 heteroatoms. The van der Waals surface area contributed by atoms with Crippen LogP contribution in [0.1, 0.15) is 26.5 Å². The molecule has 0 atom stereocenters. The second kappa shape index (κ2) is 10.0. The molecule has 0 fully saturated rings. The summed E-state index contributed by atoms with van der Waals surface area (Å²) in [6, 6.07) is 2.80. The Bertz CT molecular complexity index is 533. The summed E-state index contributed by atoms with van der Waals surface area (Å²) in [7, 11) is 0. The third-order valence-electron chi connectivity index (χ3n) is 1.84. The lowest BCUT2D eigenvalue weighted by Crippen LogP contribution is -2.34. The van der Waals surface area contributed by atoms with Crippen molar-refractivity contribution < 1.29 is 24.0 Å². The van der Waals surface area contributed by atoms with Crippen LogP contribution in [0.25, 0.3) is 0 Å². The largest absolute Gasteiger partial charge is 0.481 e. The second-order valence-electron chi connectivity index (χ2n) is 4.28. The molecule has 122 valence electrons. The van der Waals surface area contributed by atoms with Crippen LogP contribution in [0.5, 0.6) is 0 Å². The maximum absolute atomic E-state index is 11.2. The molecule has 0 aromatic carbocycles. The van der Waals surface area contributed by atoms with Gasteiger partial charge in [-0.15, -0.1) is 0 Å². The molecule has 1 amide bonds. The molecule has 0 saturated heterocycles. The van der Waals surface area contributed by atoms with Gasteiger partial charge in [0.05, 0.1) is 18.8 Å². The van der Waals surface area contributed by atoms with Crippen molar-refractivity contribution in [2.24, 2.45) is 5.10 Å². The number of furan rings is 1. The van der Waals surface area contributed by atoms with Gasteiger partial charge in [-0.25, -0.2) is 5.43 Å². The number of nitro groups is 1. The summed E-state index contributed by atoms with van der Waals surface area (Å²) in [4.78, 5) is 29.9. The van der Waals surface area contributed by atoms with Crippen LogP contribution in [-0.2, 0) is 9.59 Å². The number of carboxylic acids is 1. The van der Waals surface area contributed by atoms with E-state index in [1.54, 1.807) is 0 Å². The predicted molar refractivity (Wildman–Crippen MR) is 77.5 cm³/mol. The van der Waals surface area contributed by atoms with Crippen LogP contribution in [0.4, 0.5) is 5.88 Å². The molecule has 0 saturated carbocycles. The Morgan fingerprint density at radius 1 is 1.50 bits per heavy atom. The van der Waals surface area contributed by atoms with E-state index in [0.717, 1.165) is 6.92 Å². The van der Waals surface area contributed by atoms with Gasteiger partial charge in [-0.2, -0.15) is 5.10 Å². The van der Waals surface area contributed by atoms with Gasteiger partial charge in [0.25, 0.3) is 11.9 Å². The van der Waals surface area contributed by atoms with Crippen molar-refractivity contribution >= 4 is 24.0 Å². The van der Waals surface area contributed by atoms with Crippen LogP contribution in [0.2, 0.25) is 0 Å². The highest BCUT2D eigenvalue weighted by Gasteiger charge is 2.10. The summed E-state index contributed by atoms with van der Waals surface area (Å²) in [6.07, 6.45) is 1.19. The Morgan fingerprint density at radius 2 is 2.09 bits per heavy atom. The quantitative estimate of drug-likeness (QED) is 0.398. The fraction of sp³-hybridized carbons (Fsp3) is 0.417. The summed E-state index contributed by atoms with van der Waals surface area (Å²) in [5, 5.41) is 24.3. The van der Waals surface area contributed by atoms with E-state index in [-0.39, 0.29) is 30.1 Å². The second-order valence-corrected chi connectivity index (χ2v) is 4.28. The zero-order chi connectivity index (χ0) is 17.1. The average Bonchev–Trinajstić information content (AvgIpc) is 2.84. The number of carbonyl (C=O) groups is 2. The third-order valence-corrected chi connectivity index (χ3v) is 1.84. The number of rotatable bonds is 6. The fourth-order valence-electron chi connectivity index (χ4n) is 1.01. The van der Waals surface area contributed by atoms with Crippen molar-refractivity contribution in [1.82, 2.24) is 10.7 Å². The van der Waals surface area contributed by atoms with Gasteiger partial charge in [0.1, 0.15) is 4.92 Å². The molecule has 0 aliphatic rings. The molecule has 1 rings (SSSR count). The van der Waals surface area contributed by atoms with E-state index in [4.69, 9.17) is 14.3 Å². The number of hydrogen-bond donors (Lipinski definition) is 3. The van der Waals surface area contributed by atoms with Gasteiger partial charge in [-0.3, -0.25) is 19.7 Å². The van der Waals surface area contributed by atoms with Crippen LogP contribution < -0.4 is 10.7 Å². The van der Waals surface area contributed by atoms with E-state index in [1.165, 1.54) is 18.3 Å². The number of carboxylic acid groups (broad SMARTS) is 1. The van der Waals surface area contributed by atoms with Crippen molar-refractivity contribution in [2.45, 2.75) is 26.8 Å². The summed E-state index contributed by atoms with van der Waals surface area (Å²) < 4.78 is 4.81. The number of nitrogens with one attached hydrogen (secondary N) is 2. The number of carbonyl (C=O) groups excluding carboxylic acids is 1. The van der Waals surface area contributed by atoms with E-state index in [9.17, 15) is 14.9 Å². The van der Waals surface area contributed by atoms with Crippen molar-refractivity contribution in [2.75, 3.05) is 6.54 Å². The normalized spacial score (nSPS) is 10.2. The summed E-state index contributed by atoms with van der Waals surface area (Å²) in [5.74, 6) is -1.32. The summed E-state index contributed by atoms with van der Waals surface area (Å²) >= 11 is 0. The lowest BCUT2D eigenvalue weighted by molar-refractivity contribution is -0.402. The maximum atomic E-state index is 11.2. The van der Waals surface area contributed by atoms with Crippen LogP contribution in [0, 0.1) is 10.1 Å². The smallest absolute Gasteiger partial charge is 0.433 e. The topological polar surface area (TPSA) is 147 Å². The molecule has 0 aliphatic carbocycles. The average molecular weight is 314 g/mol. The number of aliphatic carboxylic acids is 1. The van der Waals surface area contributed by atoms with Gasteiger partial charge < -0.3 is 14.8 Å². The van der Waals surface area contributed by atoms with E-state index in [2.05, 4.69) is 15.8 Å². The molecule has 1 aromatic rings. The number of hydrogen-bond acceptors (Lipinski definition) is 7. The monoisotopic (exact) mass is 314 g/mol. The summed E-state index contributed by atoms with van der Waals surface area (Å²) in [6.45, 7) is 5.06. The molecule has 0 radical (unpaired) electrons. The maximum Gasteiger partial charge on any atom is 0.433 e. The molecule has 1 aromatic heterocycles. The Hall–Kier alpha value is -2.75. The Balaban J connectivity index is 0.000000980. The zero-order valence-corrected chi connectivity index (χ0v) is 12.4. The van der Waals surface area contributed by atoms with Crippen LogP contribution in [0.15, 0.2) is 21.7 Å². The molecule has 10 nitrogen and oxygen atoms in total. The fourth-order valence-corrected chi connectivity index (χ4v) is 1.01. The predicted octanol–water partition coefficient (Wildman–Crippen LogP) is 0.727. The van der Waals surface area contributed by atoms with E-state index in [0.29, 0.717) is 0 Å². The Morgan fingerprint density at radius 3 is 2.55 bits per heavy atom. The van der Waals surface area contributed by atoms with Gasteiger partial charge in [0.15, 0.2) is 5.76 Å². The van der Waals surface area contributed by atoms with E-state index in [1.807, 2.05) is 13.8 Å². The molecule has 0 unspecified atom stereocenters. The highest BCUT2D eigenvalue weighted by atomic mass is 16.6. The minimum Gasteiger partial charge on any atom is -0.481 e. The van der Waals surface area contributed by atoms with Gasteiger partial charge in [0.2, 0.25) is 0 Å². The minimum atomic E-state index is -0.833. The van der Waals surface area contributed by atoms with Gasteiger partial charge in [-0.1, -0.05) is 13.8 Å². The minimum absolute atomic E-state index is 0.146. The third kappa shape index (κ3) is 10.1. The molecule has 0 aliphatic heterocycles. The van der Waals surface area contributed by atoms with Crippen LogP contribution >= 0.6 is 0 Å². The first-order chi connectivity index (χ1) is 10.2. The lowest BCUT2D eigenvalue weighted by atomic mass is 10.4. The number of hydrazone groups is 1. The highest BCUT2D eigenvalue weighted by molar-refractivity contribution is 5.81. The number of nitrogens with zero attached hydrogens (tertiary/aromatic N) is 2. The lowest BCUT2D eigenvalue weighted by Gasteiger charge is -2.05. The number of amides is 1.